The molecule has 4 N–H and O–H groups in total. The van der Waals surface area contributed by atoms with Crippen LogP contribution in [0.1, 0.15) is 6.42 Å². The van der Waals surface area contributed by atoms with Crippen LogP contribution in [0.25, 0.3) is 0 Å². The van der Waals surface area contributed by atoms with Gasteiger partial charge in [-0.3, -0.25) is 0 Å². The van der Waals surface area contributed by atoms with Gasteiger partial charge >= 0.3 is 0 Å². The van der Waals surface area contributed by atoms with Gasteiger partial charge in [0.05, 0.1) is 5.70 Å². The zero-order chi connectivity index (χ0) is 13.7. The Kier molecular flexibility index (Phi) is 4.12. The normalized spacial score (nSPS) is 21.9. The number of nitrogens with one attached hydrogen (secondary N) is 2. The van der Waals surface area contributed by atoms with E-state index in [1.54, 1.807) is 0 Å². The smallest absolute Gasteiger partial charge is 0.150 e. The van der Waals surface area contributed by atoms with Crippen LogP contribution in [0.5, 0.6) is 0 Å². The lowest BCUT2D eigenvalue weighted by molar-refractivity contribution is 0.334. The largest absolute Gasteiger partial charge is 0.399 e. The zero-order valence-corrected chi connectivity index (χ0v) is 11.6. The predicted octanol–water partition coefficient (Wildman–Crippen LogP) is 1.71. The van der Waals surface area contributed by atoms with E-state index in [1.807, 2.05) is 48.7 Å². The van der Waals surface area contributed by atoms with Crippen LogP contribution in [0.2, 0.25) is 0 Å². The van der Waals surface area contributed by atoms with Crippen LogP contribution in [0.15, 0.2) is 54.4 Å². The molecule has 0 aliphatic carbocycles. The Morgan fingerprint density at radius 1 is 1.26 bits per heavy atom. The fraction of sp³-hybridized carbons (Fsp3) is 0.333. The van der Waals surface area contributed by atoms with Crippen LogP contribution in [0.3, 0.4) is 0 Å². The summed E-state index contributed by atoms with van der Waals surface area (Å²) in [4.78, 5) is 2.15. The third-order valence-corrected chi connectivity index (χ3v) is 3.26. The van der Waals surface area contributed by atoms with Crippen molar-refractivity contribution >= 4 is 5.69 Å². The number of nitrogens with zero attached hydrogens (tertiary/aromatic N) is 1. The third kappa shape index (κ3) is 3.29. The van der Waals surface area contributed by atoms with E-state index in [0.717, 1.165) is 24.4 Å². The minimum absolute atomic E-state index is 0.416. The molecule has 0 saturated heterocycles. The maximum atomic E-state index is 6.21. The highest BCUT2D eigenvalue weighted by Gasteiger charge is 2.32. The van der Waals surface area contributed by atoms with Crippen molar-refractivity contribution in [1.29, 1.82) is 0 Å². The molecule has 1 aliphatic rings. The lowest BCUT2D eigenvalue weighted by Crippen LogP contribution is -2.55. The Bertz CT molecular complexity index is 464. The predicted molar refractivity (Wildman–Crippen MR) is 80.5 cm³/mol. The van der Waals surface area contributed by atoms with Gasteiger partial charge in [-0.2, -0.15) is 0 Å². The Morgan fingerprint density at radius 3 is 2.63 bits per heavy atom. The molecule has 1 aromatic carbocycles. The second-order valence-electron chi connectivity index (χ2n) is 5.08. The Balaban J connectivity index is 2.19. The molecule has 19 heavy (non-hydrogen) atoms. The molecule has 4 heteroatoms. The summed E-state index contributed by atoms with van der Waals surface area (Å²) < 4.78 is 0. The molecule has 1 aliphatic heterocycles. The highest BCUT2D eigenvalue weighted by atomic mass is 15.2. The molecule has 0 aromatic heterocycles. The molecule has 1 heterocycles. The summed E-state index contributed by atoms with van der Waals surface area (Å²) in [5.41, 5.74) is 7.66. The Hall–Kier alpha value is -1.94. The summed E-state index contributed by atoms with van der Waals surface area (Å²) in [7, 11) is 4.13. The molecule has 1 atom stereocenters. The zero-order valence-electron chi connectivity index (χ0n) is 11.6. The number of hydrogen-bond donors (Lipinski definition) is 3. The van der Waals surface area contributed by atoms with E-state index in [4.69, 9.17) is 5.73 Å². The van der Waals surface area contributed by atoms with Crippen LogP contribution >= 0.6 is 0 Å². The van der Waals surface area contributed by atoms with Crippen LogP contribution in [0.4, 0.5) is 5.69 Å². The van der Waals surface area contributed by atoms with Crippen molar-refractivity contribution < 1.29 is 0 Å². The first-order valence-electron chi connectivity index (χ1n) is 6.51. The quantitative estimate of drug-likeness (QED) is 0.752. The maximum Gasteiger partial charge on any atom is 0.150 e. The molecular weight excluding hydrogens is 236 g/mol. The molecule has 102 valence electrons. The minimum Gasteiger partial charge on any atom is -0.399 e. The van der Waals surface area contributed by atoms with E-state index in [1.165, 1.54) is 0 Å². The van der Waals surface area contributed by atoms with Crippen molar-refractivity contribution in [2.75, 3.05) is 26.0 Å². The molecule has 0 spiro atoms. The summed E-state index contributed by atoms with van der Waals surface area (Å²) in [6, 6.07) is 10.1. The lowest BCUT2D eigenvalue weighted by atomic mass is 9.98. The SMILES string of the molecule is CN(C)CCC1(Nc2ccccc2)NC=CC=C1N. The molecule has 0 amide bonds. The number of para-hydroxylation sites is 1. The fourth-order valence-corrected chi connectivity index (χ4v) is 2.11. The number of benzene rings is 1. The minimum atomic E-state index is -0.416. The summed E-state index contributed by atoms with van der Waals surface area (Å²) in [6.07, 6.45) is 6.68. The fourth-order valence-electron chi connectivity index (χ4n) is 2.11. The first kappa shape index (κ1) is 13.5. The summed E-state index contributed by atoms with van der Waals surface area (Å²) in [6.45, 7) is 0.940. The van der Waals surface area contributed by atoms with Gasteiger partial charge in [0.15, 0.2) is 0 Å². The van der Waals surface area contributed by atoms with E-state index >= 15 is 0 Å². The van der Waals surface area contributed by atoms with Crippen LogP contribution in [-0.4, -0.2) is 31.2 Å². The van der Waals surface area contributed by atoms with E-state index in [-0.39, 0.29) is 0 Å². The van der Waals surface area contributed by atoms with Crippen LogP contribution in [-0.2, 0) is 0 Å². The van der Waals surface area contributed by atoms with E-state index < -0.39 is 5.66 Å². The number of hydrogen-bond acceptors (Lipinski definition) is 4. The van der Waals surface area contributed by atoms with Gasteiger partial charge in [-0.15, -0.1) is 0 Å². The van der Waals surface area contributed by atoms with Crippen molar-refractivity contribution in [2.24, 2.45) is 5.73 Å². The average Bonchev–Trinajstić information content (AvgIpc) is 2.41. The standard InChI is InChI=1S/C15H22N4/c1-19(2)12-10-15(14(16)9-6-11-17-15)18-13-7-4-3-5-8-13/h3-9,11,17-18H,10,12,16H2,1-2H3. The molecule has 0 saturated carbocycles. The molecule has 4 nitrogen and oxygen atoms in total. The average molecular weight is 258 g/mol. The Morgan fingerprint density at radius 2 is 2.00 bits per heavy atom. The van der Waals surface area contributed by atoms with E-state index in [0.29, 0.717) is 0 Å². The molecule has 2 rings (SSSR count). The third-order valence-electron chi connectivity index (χ3n) is 3.26. The van der Waals surface area contributed by atoms with Gasteiger partial charge in [-0.05, 0) is 44.6 Å². The first-order valence-corrected chi connectivity index (χ1v) is 6.51. The van der Waals surface area contributed by atoms with Crippen molar-refractivity contribution in [3.63, 3.8) is 0 Å². The van der Waals surface area contributed by atoms with Crippen LogP contribution in [0, 0.1) is 0 Å². The van der Waals surface area contributed by atoms with Crippen molar-refractivity contribution in [3.8, 4) is 0 Å². The summed E-state index contributed by atoms with van der Waals surface area (Å²) in [5, 5.41) is 6.89. The molecular formula is C15H22N4. The molecule has 1 aromatic rings. The molecule has 0 bridgehead atoms. The van der Waals surface area contributed by atoms with Gasteiger partial charge in [0.1, 0.15) is 5.66 Å². The first-order chi connectivity index (χ1) is 9.12. The second kappa shape index (κ2) is 5.80. The number of rotatable bonds is 5. The van der Waals surface area contributed by atoms with Gasteiger partial charge in [0.25, 0.3) is 0 Å². The van der Waals surface area contributed by atoms with Gasteiger partial charge in [0.2, 0.25) is 0 Å². The van der Waals surface area contributed by atoms with Gasteiger partial charge in [-0.25, -0.2) is 0 Å². The topological polar surface area (TPSA) is 53.3 Å². The van der Waals surface area contributed by atoms with Crippen LogP contribution < -0.4 is 16.4 Å². The number of nitrogens with two attached hydrogens (primary N) is 1. The maximum absolute atomic E-state index is 6.21. The number of dihydropyridines is 1. The number of anilines is 1. The monoisotopic (exact) mass is 258 g/mol. The van der Waals surface area contributed by atoms with Crippen molar-refractivity contribution in [3.05, 3.63) is 54.4 Å². The second-order valence-corrected chi connectivity index (χ2v) is 5.08. The highest BCUT2D eigenvalue weighted by Crippen LogP contribution is 2.23. The summed E-state index contributed by atoms with van der Waals surface area (Å²) in [5.74, 6) is 0. The molecule has 0 fully saturated rings. The van der Waals surface area contributed by atoms with E-state index in [2.05, 4.69) is 29.6 Å². The van der Waals surface area contributed by atoms with Gasteiger partial charge in [0, 0.05) is 18.7 Å². The highest BCUT2D eigenvalue weighted by molar-refractivity contribution is 5.49. The molecule has 0 radical (unpaired) electrons. The van der Waals surface area contributed by atoms with Crippen molar-refractivity contribution in [2.45, 2.75) is 12.1 Å². The van der Waals surface area contributed by atoms with Crippen molar-refractivity contribution in [1.82, 2.24) is 10.2 Å². The van der Waals surface area contributed by atoms with Gasteiger partial charge < -0.3 is 21.3 Å². The van der Waals surface area contributed by atoms with E-state index in [9.17, 15) is 0 Å². The number of allylic oxidation sites excluding steroid dienone is 2. The Labute approximate surface area is 115 Å². The van der Waals surface area contributed by atoms with Gasteiger partial charge in [-0.1, -0.05) is 18.2 Å². The molecule has 1 unspecified atom stereocenters. The summed E-state index contributed by atoms with van der Waals surface area (Å²) >= 11 is 0. The lowest BCUT2D eigenvalue weighted by Gasteiger charge is -2.39.